The number of amides is 4. The number of hydrogen-bond acceptors (Lipinski definition) is 10. The molecular weight excluding hydrogens is 428 g/mol. The van der Waals surface area contributed by atoms with Gasteiger partial charge in [0.25, 0.3) is 0 Å². The minimum Gasteiger partial charge on any atom is -0.374 e. The first kappa shape index (κ1) is 29.6. The molecule has 0 unspecified atom stereocenters. The summed E-state index contributed by atoms with van der Waals surface area (Å²) < 4.78 is 0. The molecule has 0 spiro atoms. The van der Waals surface area contributed by atoms with Crippen molar-refractivity contribution in [2.45, 2.75) is 52.6 Å². The predicted octanol–water partition coefficient (Wildman–Crippen LogP) is -4.59. The smallest absolute Gasteiger partial charge is 0.236 e. The van der Waals surface area contributed by atoms with Crippen molar-refractivity contribution in [3.05, 3.63) is 0 Å². The molecule has 0 fully saturated rings. The molecular formula is C18H36N6O8. The average Bonchev–Trinajstić information content (AvgIpc) is 2.56. The largest absolute Gasteiger partial charge is 0.374 e. The van der Waals surface area contributed by atoms with Crippen LogP contribution in [0.25, 0.3) is 0 Å². The van der Waals surface area contributed by atoms with Gasteiger partial charge in [0.1, 0.15) is 24.9 Å². The normalized spacial score (nSPS) is 14.9. The maximum Gasteiger partial charge on any atom is 0.236 e. The van der Waals surface area contributed by atoms with Gasteiger partial charge in [-0.15, -0.1) is 0 Å². The second-order valence-electron chi connectivity index (χ2n) is 7.40. The van der Waals surface area contributed by atoms with Crippen molar-refractivity contribution in [1.82, 2.24) is 31.1 Å². The minimum absolute atomic E-state index is 0.0599. The van der Waals surface area contributed by atoms with Crippen LogP contribution in [0.5, 0.6) is 0 Å². The van der Waals surface area contributed by atoms with Crippen LogP contribution in [0.1, 0.15) is 27.7 Å². The Morgan fingerprint density at radius 1 is 0.531 bits per heavy atom. The average molecular weight is 465 g/mol. The lowest BCUT2D eigenvalue weighted by Crippen LogP contribution is -2.50. The third-order valence-corrected chi connectivity index (χ3v) is 3.68. The Bertz CT molecular complexity index is 514. The summed E-state index contributed by atoms with van der Waals surface area (Å²) in [7, 11) is 0. The van der Waals surface area contributed by atoms with Crippen LogP contribution in [0, 0.1) is 0 Å². The lowest BCUT2D eigenvalue weighted by molar-refractivity contribution is -0.131. The van der Waals surface area contributed by atoms with Crippen molar-refractivity contribution in [3.63, 3.8) is 0 Å². The first-order valence-electron chi connectivity index (χ1n) is 10.1. The molecule has 0 aliphatic rings. The highest BCUT2D eigenvalue weighted by Gasteiger charge is 2.20. The highest BCUT2D eigenvalue weighted by Crippen LogP contribution is 1.96. The molecule has 14 nitrogen and oxygen atoms in total. The molecule has 0 saturated carbocycles. The highest BCUT2D eigenvalue weighted by atomic mass is 16.3. The van der Waals surface area contributed by atoms with Crippen LogP contribution in [0.15, 0.2) is 0 Å². The van der Waals surface area contributed by atoms with Gasteiger partial charge in [0.15, 0.2) is 0 Å². The van der Waals surface area contributed by atoms with Crippen LogP contribution in [0.2, 0.25) is 0 Å². The second-order valence-corrected chi connectivity index (χ2v) is 7.40. The first-order chi connectivity index (χ1) is 14.8. The highest BCUT2D eigenvalue weighted by molar-refractivity contribution is 5.82. The Hall–Kier alpha value is -2.36. The molecule has 32 heavy (non-hydrogen) atoms. The Balaban J connectivity index is 5.23. The number of aliphatic hydroxyl groups excluding tert-OH is 4. The lowest BCUT2D eigenvalue weighted by Gasteiger charge is -2.27. The third-order valence-electron chi connectivity index (χ3n) is 3.68. The molecule has 0 saturated heterocycles. The zero-order valence-electron chi connectivity index (χ0n) is 18.9. The molecule has 0 rings (SSSR count). The summed E-state index contributed by atoms with van der Waals surface area (Å²) in [4.78, 5) is 50.9. The Morgan fingerprint density at radius 2 is 0.719 bits per heavy atom. The quantitative estimate of drug-likeness (QED) is 0.109. The van der Waals surface area contributed by atoms with Crippen LogP contribution < -0.4 is 21.3 Å². The van der Waals surface area contributed by atoms with E-state index in [9.17, 15) is 39.6 Å². The van der Waals surface area contributed by atoms with Gasteiger partial charge in [0.2, 0.25) is 23.6 Å². The molecule has 0 radical (unpaired) electrons. The van der Waals surface area contributed by atoms with Crippen LogP contribution in [-0.4, -0.2) is 118 Å². The van der Waals surface area contributed by atoms with Crippen molar-refractivity contribution in [1.29, 1.82) is 0 Å². The molecule has 8 N–H and O–H groups in total. The number of nitrogens with one attached hydrogen (secondary N) is 4. The van der Waals surface area contributed by atoms with E-state index < -0.39 is 48.5 Å². The Morgan fingerprint density at radius 3 is 0.875 bits per heavy atom. The van der Waals surface area contributed by atoms with E-state index in [1.165, 1.54) is 37.5 Å². The maximum absolute atomic E-state index is 12.0. The summed E-state index contributed by atoms with van der Waals surface area (Å²) in [5.41, 5.74) is 0. The number of aliphatic hydroxyl groups is 4. The Labute approximate surface area is 186 Å². The van der Waals surface area contributed by atoms with Crippen molar-refractivity contribution >= 4 is 23.6 Å². The molecule has 4 amide bonds. The van der Waals surface area contributed by atoms with Crippen LogP contribution >= 0.6 is 0 Å². The van der Waals surface area contributed by atoms with Crippen LogP contribution in [0.4, 0.5) is 0 Å². The molecule has 0 aliphatic heterocycles. The van der Waals surface area contributed by atoms with Crippen LogP contribution in [0.3, 0.4) is 0 Å². The zero-order valence-corrected chi connectivity index (χ0v) is 18.9. The molecule has 0 aromatic rings. The summed E-state index contributed by atoms with van der Waals surface area (Å²) in [5.74, 6) is -2.24. The van der Waals surface area contributed by atoms with E-state index in [-0.39, 0.29) is 39.3 Å². The second kappa shape index (κ2) is 15.4. The fourth-order valence-corrected chi connectivity index (χ4v) is 2.64. The number of nitrogens with zero attached hydrogens (tertiary/aromatic N) is 2. The minimum atomic E-state index is -1.10. The van der Waals surface area contributed by atoms with E-state index in [0.29, 0.717) is 0 Å². The number of rotatable bonds is 15. The number of carbonyl (C=O) groups excluding carboxylic acids is 4. The monoisotopic (exact) mass is 464 g/mol. The molecule has 0 heterocycles. The molecule has 186 valence electrons. The zero-order chi connectivity index (χ0) is 24.8. The van der Waals surface area contributed by atoms with Crippen molar-refractivity contribution in [3.8, 4) is 0 Å². The number of carbonyl (C=O) groups is 4. The van der Waals surface area contributed by atoms with E-state index in [0.717, 1.165) is 0 Å². The summed E-state index contributed by atoms with van der Waals surface area (Å²) in [6.07, 6.45) is -4.39. The van der Waals surface area contributed by atoms with Gasteiger partial charge in [-0.25, -0.2) is 0 Å². The summed E-state index contributed by atoms with van der Waals surface area (Å²) in [6.45, 7) is 4.44. The third kappa shape index (κ3) is 16.3. The van der Waals surface area contributed by atoms with Crippen molar-refractivity contribution in [2.24, 2.45) is 0 Å². The fraction of sp³-hybridized carbons (Fsp3) is 0.778. The van der Waals surface area contributed by atoms with Gasteiger partial charge in [-0.1, -0.05) is 0 Å². The van der Waals surface area contributed by atoms with Gasteiger partial charge in [0.05, 0.1) is 26.2 Å². The molecule has 4 atom stereocenters. The lowest BCUT2D eigenvalue weighted by atomic mass is 10.3. The van der Waals surface area contributed by atoms with Gasteiger partial charge in [0, 0.05) is 13.1 Å². The molecule has 0 bridgehead atoms. The van der Waals surface area contributed by atoms with Gasteiger partial charge >= 0.3 is 0 Å². The van der Waals surface area contributed by atoms with Gasteiger partial charge in [-0.05, 0) is 27.7 Å². The van der Waals surface area contributed by atoms with E-state index in [4.69, 9.17) is 0 Å². The van der Waals surface area contributed by atoms with Crippen LogP contribution in [-0.2, 0) is 19.2 Å². The fourth-order valence-electron chi connectivity index (χ4n) is 2.64. The van der Waals surface area contributed by atoms with Gasteiger partial charge < -0.3 is 41.7 Å². The molecule has 14 heteroatoms. The topological polar surface area (TPSA) is 204 Å². The summed E-state index contributed by atoms with van der Waals surface area (Å²) >= 11 is 0. The summed E-state index contributed by atoms with van der Waals surface area (Å²) in [5, 5.41) is 46.3. The summed E-state index contributed by atoms with van der Waals surface area (Å²) in [6, 6.07) is 0. The number of hydrogen-bond donors (Lipinski definition) is 8. The van der Waals surface area contributed by atoms with E-state index in [1.807, 2.05) is 0 Å². The standard InChI is InChI=1S/C18H36N6O8/c1-11(25)19-15(29)7-23(8-16(30)20-12(2)26)5-6-24(9-17(31)21-13(3)27)10-18(32)22-14(4)28/h11-14,25-28H,5-10H2,1-4H3,(H,19,29)(H,20,30)(H,21,31)(H,22,32)/t11-,12-,13-,14-/m1/s1. The Kier molecular flexibility index (Phi) is 14.3. The predicted molar refractivity (Wildman–Crippen MR) is 112 cm³/mol. The molecule has 0 aromatic carbocycles. The van der Waals surface area contributed by atoms with Crippen molar-refractivity contribution < 1.29 is 39.6 Å². The van der Waals surface area contributed by atoms with E-state index in [2.05, 4.69) is 21.3 Å². The molecule has 0 aromatic heterocycles. The maximum atomic E-state index is 12.0. The van der Waals surface area contributed by atoms with Crippen molar-refractivity contribution in [2.75, 3.05) is 39.3 Å². The van der Waals surface area contributed by atoms with Gasteiger partial charge in [-0.3, -0.25) is 29.0 Å². The molecule has 0 aliphatic carbocycles. The van der Waals surface area contributed by atoms with E-state index in [1.54, 1.807) is 0 Å². The van der Waals surface area contributed by atoms with Gasteiger partial charge in [-0.2, -0.15) is 0 Å². The first-order valence-corrected chi connectivity index (χ1v) is 10.1. The van der Waals surface area contributed by atoms with E-state index >= 15 is 0 Å². The SMILES string of the molecule is C[C@@H](O)NC(=O)CN(CCN(CC(=O)N[C@@H](C)O)CC(=O)N[C@@H](C)O)CC(=O)N[C@@H](C)O.